The molecule has 6 nitrogen and oxygen atoms in total. The van der Waals surface area contributed by atoms with E-state index in [0.717, 1.165) is 42.9 Å². The van der Waals surface area contributed by atoms with Crippen LogP contribution in [-0.4, -0.2) is 58.2 Å². The molecular weight excluding hydrogens is 372 g/mol. The molecule has 1 saturated carbocycles. The Bertz CT molecular complexity index is 907. The van der Waals surface area contributed by atoms with Crippen molar-refractivity contribution < 1.29 is 9.90 Å². The quantitative estimate of drug-likeness (QED) is 0.855. The van der Waals surface area contributed by atoms with Crippen molar-refractivity contribution in [3.05, 3.63) is 16.3 Å². The number of likely N-dealkylation sites (tertiary alicyclic amines) is 1. The van der Waals surface area contributed by atoms with Gasteiger partial charge in [0.25, 0.3) is 0 Å². The first-order valence-corrected chi connectivity index (χ1v) is 11.4. The minimum absolute atomic E-state index is 0.0273. The van der Waals surface area contributed by atoms with Crippen LogP contribution in [0.3, 0.4) is 0 Å². The lowest BCUT2D eigenvalue weighted by atomic mass is 9.97. The molecule has 5 rings (SSSR count). The van der Waals surface area contributed by atoms with Gasteiger partial charge in [-0.2, -0.15) is 0 Å². The van der Waals surface area contributed by atoms with Gasteiger partial charge >= 0.3 is 0 Å². The van der Waals surface area contributed by atoms with E-state index in [0.29, 0.717) is 18.4 Å². The lowest BCUT2D eigenvalue weighted by Crippen LogP contribution is -2.43. The zero-order chi connectivity index (χ0) is 19.3. The van der Waals surface area contributed by atoms with Crippen LogP contribution in [0, 0.1) is 0 Å². The largest absolute Gasteiger partial charge is 0.391 e. The topological polar surface area (TPSA) is 69.6 Å². The van der Waals surface area contributed by atoms with Crippen molar-refractivity contribution in [2.45, 2.75) is 69.9 Å². The third-order valence-corrected chi connectivity index (χ3v) is 7.51. The van der Waals surface area contributed by atoms with Gasteiger partial charge in [-0.25, -0.2) is 9.97 Å². The van der Waals surface area contributed by atoms with E-state index in [9.17, 15) is 9.90 Å². The number of carbonyl (C=O) groups excluding carboxylic acids is 1. The Hall–Kier alpha value is -1.73. The van der Waals surface area contributed by atoms with Gasteiger partial charge in [0.2, 0.25) is 5.91 Å². The number of thiophene rings is 1. The third-order valence-electron chi connectivity index (χ3n) is 6.33. The summed E-state index contributed by atoms with van der Waals surface area (Å²) in [4.78, 5) is 29.1. The third kappa shape index (κ3) is 3.39. The molecule has 1 atom stereocenters. The minimum Gasteiger partial charge on any atom is -0.391 e. The van der Waals surface area contributed by atoms with E-state index in [1.807, 2.05) is 0 Å². The predicted molar refractivity (Wildman–Crippen MR) is 111 cm³/mol. The summed E-state index contributed by atoms with van der Waals surface area (Å²) >= 11 is 1.80. The second kappa shape index (κ2) is 7.26. The highest BCUT2D eigenvalue weighted by Gasteiger charge is 2.31. The number of aromatic nitrogens is 2. The van der Waals surface area contributed by atoms with Crippen LogP contribution in [0.4, 0.5) is 5.82 Å². The first-order valence-electron chi connectivity index (χ1n) is 10.6. The van der Waals surface area contributed by atoms with Gasteiger partial charge in [0.15, 0.2) is 0 Å². The number of anilines is 1. The van der Waals surface area contributed by atoms with Crippen molar-refractivity contribution in [3.8, 4) is 0 Å². The van der Waals surface area contributed by atoms with Crippen molar-refractivity contribution in [2.24, 2.45) is 0 Å². The molecule has 0 radical (unpaired) electrons. The van der Waals surface area contributed by atoms with Crippen LogP contribution in [0.2, 0.25) is 0 Å². The van der Waals surface area contributed by atoms with Gasteiger partial charge in [-0.1, -0.05) is 0 Å². The lowest BCUT2D eigenvalue weighted by molar-refractivity contribution is -0.133. The van der Waals surface area contributed by atoms with Gasteiger partial charge in [0, 0.05) is 31.1 Å². The summed E-state index contributed by atoms with van der Waals surface area (Å²) in [6, 6.07) is 0.568. The molecule has 0 unspecified atom stereocenters. The van der Waals surface area contributed by atoms with Gasteiger partial charge < -0.3 is 14.9 Å². The van der Waals surface area contributed by atoms with Crippen molar-refractivity contribution in [2.75, 3.05) is 25.0 Å². The molecule has 1 amide bonds. The molecule has 0 spiro atoms. The first kappa shape index (κ1) is 18.3. The van der Waals surface area contributed by atoms with Gasteiger partial charge in [0.05, 0.1) is 17.9 Å². The molecule has 3 aliphatic rings. The number of aliphatic hydroxyl groups is 1. The Morgan fingerprint density at radius 1 is 1.21 bits per heavy atom. The highest BCUT2D eigenvalue weighted by molar-refractivity contribution is 7.19. The average molecular weight is 401 g/mol. The van der Waals surface area contributed by atoms with Gasteiger partial charge in [-0.15, -0.1) is 11.3 Å². The molecule has 1 aliphatic heterocycles. The van der Waals surface area contributed by atoms with E-state index in [1.165, 1.54) is 41.5 Å². The summed E-state index contributed by atoms with van der Waals surface area (Å²) in [6.45, 7) is 1.16. The van der Waals surface area contributed by atoms with E-state index in [1.54, 1.807) is 16.2 Å². The van der Waals surface area contributed by atoms with Crippen molar-refractivity contribution in [3.63, 3.8) is 0 Å². The van der Waals surface area contributed by atoms with Gasteiger partial charge in [-0.3, -0.25) is 4.79 Å². The van der Waals surface area contributed by atoms with E-state index in [4.69, 9.17) is 9.97 Å². The Labute approximate surface area is 169 Å². The molecule has 2 aromatic heterocycles. The molecule has 0 bridgehead atoms. The summed E-state index contributed by atoms with van der Waals surface area (Å²) in [5, 5.41) is 11.1. The second-order valence-electron chi connectivity index (χ2n) is 8.51. The van der Waals surface area contributed by atoms with Crippen LogP contribution >= 0.6 is 11.3 Å². The summed E-state index contributed by atoms with van der Waals surface area (Å²) in [5.41, 5.74) is 1.45. The zero-order valence-corrected chi connectivity index (χ0v) is 17.3. The van der Waals surface area contributed by atoms with Crippen molar-refractivity contribution >= 4 is 33.3 Å². The van der Waals surface area contributed by atoms with Crippen LogP contribution in [-0.2, 0) is 24.1 Å². The number of nitrogens with zero attached hydrogens (tertiary/aromatic N) is 4. The van der Waals surface area contributed by atoms with Crippen LogP contribution in [0.15, 0.2) is 0 Å². The molecule has 2 aliphatic carbocycles. The lowest BCUT2D eigenvalue weighted by Gasteiger charge is -2.30. The molecule has 2 aromatic rings. The molecular formula is C21H28N4O2S. The molecule has 1 saturated heterocycles. The number of fused-ring (bicyclic) bond motifs is 3. The van der Waals surface area contributed by atoms with Crippen molar-refractivity contribution in [1.82, 2.24) is 14.9 Å². The number of hydrogen-bond acceptors (Lipinski definition) is 6. The van der Waals surface area contributed by atoms with Crippen LogP contribution in [0.1, 0.15) is 54.8 Å². The summed E-state index contributed by atoms with van der Waals surface area (Å²) in [7, 11) is 2.14. The Kier molecular flexibility index (Phi) is 4.75. The highest BCUT2D eigenvalue weighted by Crippen LogP contribution is 2.41. The standard InChI is InChI=1S/C21H28N4O2S/c1-24(13-8-9-13)20-19-15-6-2-3-7-16(15)28-21(19)23-17(22-20)11-18(27)25-10-4-5-14(26)12-25/h13-14,26H,2-12H2,1H3/t14-/m0/s1. The number of hydrogen-bond donors (Lipinski definition) is 1. The molecule has 150 valence electrons. The van der Waals surface area contributed by atoms with Crippen molar-refractivity contribution in [1.29, 1.82) is 0 Å². The fourth-order valence-corrected chi connectivity index (χ4v) is 5.85. The van der Waals surface area contributed by atoms with Crippen LogP contribution in [0.5, 0.6) is 0 Å². The smallest absolute Gasteiger partial charge is 0.230 e. The Balaban J connectivity index is 1.50. The fourth-order valence-electron chi connectivity index (χ4n) is 4.58. The van der Waals surface area contributed by atoms with Gasteiger partial charge in [-0.05, 0) is 56.9 Å². The normalized spacial score (nSPS) is 22.4. The molecule has 1 N–H and O–H groups in total. The maximum Gasteiger partial charge on any atom is 0.230 e. The van der Waals surface area contributed by atoms with E-state index < -0.39 is 6.10 Å². The first-order chi connectivity index (χ1) is 13.6. The number of piperidine rings is 1. The summed E-state index contributed by atoms with van der Waals surface area (Å²) < 4.78 is 0. The van der Waals surface area contributed by atoms with E-state index >= 15 is 0 Å². The number of β-amino-alcohol motifs (C(OH)–C–C–N with tert-alkyl or cyclic N) is 1. The predicted octanol–water partition coefficient (Wildman–Crippen LogP) is 2.69. The van der Waals surface area contributed by atoms with Crippen LogP contribution in [0.25, 0.3) is 10.2 Å². The number of amides is 1. The highest BCUT2D eigenvalue weighted by atomic mass is 32.1. The van der Waals surface area contributed by atoms with E-state index in [2.05, 4.69) is 11.9 Å². The number of rotatable bonds is 4. The fraction of sp³-hybridized carbons (Fsp3) is 0.667. The Morgan fingerprint density at radius 2 is 2.04 bits per heavy atom. The SMILES string of the molecule is CN(c1nc(CC(=O)N2CCC[C@H](O)C2)nc2sc3c(c12)CCCC3)C1CC1. The number of carbonyl (C=O) groups is 1. The number of aryl methyl sites for hydroxylation is 2. The zero-order valence-electron chi connectivity index (χ0n) is 16.5. The maximum absolute atomic E-state index is 12.8. The summed E-state index contributed by atoms with van der Waals surface area (Å²) in [6.07, 6.45) is 8.65. The molecule has 3 heterocycles. The monoisotopic (exact) mass is 400 g/mol. The number of aliphatic hydroxyl groups excluding tert-OH is 1. The molecule has 7 heteroatoms. The van der Waals surface area contributed by atoms with Gasteiger partial charge in [0.1, 0.15) is 16.5 Å². The Morgan fingerprint density at radius 3 is 2.82 bits per heavy atom. The molecule has 28 heavy (non-hydrogen) atoms. The van der Waals surface area contributed by atoms with Crippen LogP contribution < -0.4 is 4.90 Å². The summed E-state index contributed by atoms with van der Waals surface area (Å²) in [5.74, 6) is 1.67. The van der Waals surface area contributed by atoms with E-state index in [-0.39, 0.29) is 12.3 Å². The maximum atomic E-state index is 12.8. The average Bonchev–Trinajstić information content (AvgIpc) is 3.47. The molecule has 0 aromatic carbocycles. The minimum atomic E-state index is -0.401. The second-order valence-corrected chi connectivity index (χ2v) is 9.59. The molecule has 2 fully saturated rings.